The maximum absolute atomic E-state index is 12.8. The molecule has 1 aliphatic rings. The fraction of sp³-hybridized carbons (Fsp3) is 0.375. The summed E-state index contributed by atoms with van der Waals surface area (Å²) in [6, 6.07) is 14.4. The summed E-state index contributed by atoms with van der Waals surface area (Å²) in [5.41, 5.74) is 4.21. The Balaban J connectivity index is 1.68. The molecule has 0 fully saturated rings. The highest BCUT2D eigenvalue weighted by atomic mass is 16.5. The van der Waals surface area contributed by atoms with E-state index in [2.05, 4.69) is 5.32 Å². The van der Waals surface area contributed by atoms with Gasteiger partial charge in [-0.25, -0.2) is 4.79 Å². The molecule has 33 heavy (non-hydrogen) atoms. The zero-order valence-electron chi connectivity index (χ0n) is 18.1. The van der Waals surface area contributed by atoms with Crippen LogP contribution in [0.3, 0.4) is 0 Å². The monoisotopic (exact) mass is 456 g/mol. The average molecular weight is 456 g/mol. The number of hydrogen-bond acceptors (Lipinski definition) is 6. The number of aliphatic hydroxyl groups is 2. The number of carbonyl (C=O) groups is 3. The van der Waals surface area contributed by atoms with Gasteiger partial charge in [-0.2, -0.15) is 0 Å². The van der Waals surface area contributed by atoms with Crippen molar-refractivity contribution in [3.8, 4) is 11.1 Å². The van der Waals surface area contributed by atoms with Crippen molar-refractivity contribution in [2.45, 2.75) is 24.8 Å². The van der Waals surface area contributed by atoms with Gasteiger partial charge in [-0.05, 0) is 28.7 Å². The molecule has 3 rings (SSSR count). The average Bonchev–Trinajstić information content (AvgIpc) is 3.13. The van der Waals surface area contributed by atoms with Crippen LogP contribution in [0.25, 0.3) is 11.1 Å². The molecule has 9 heteroatoms. The van der Waals surface area contributed by atoms with Crippen molar-refractivity contribution in [2.75, 3.05) is 32.9 Å². The van der Waals surface area contributed by atoms with Crippen molar-refractivity contribution in [3.63, 3.8) is 0 Å². The van der Waals surface area contributed by atoms with E-state index in [0.717, 1.165) is 22.3 Å². The largest absolute Gasteiger partial charge is 0.481 e. The summed E-state index contributed by atoms with van der Waals surface area (Å²) < 4.78 is 5.42. The Labute approximate surface area is 191 Å². The van der Waals surface area contributed by atoms with Crippen molar-refractivity contribution in [2.24, 2.45) is 0 Å². The summed E-state index contributed by atoms with van der Waals surface area (Å²) in [5, 5.41) is 29.8. The molecule has 2 aromatic carbocycles. The summed E-state index contributed by atoms with van der Waals surface area (Å²) in [6.07, 6.45) is -1.27. The maximum atomic E-state index is 12.8. The van der Waals surface area contributed by atoms with Crippen molar-refractivity contribution < 1.29 is 34.4 Å². The lowest BCUT2D eigenvalue weighted by molar-refractivity contribution is -0.142. The van der Waals surface area contributed by atoms with Crippen LogP contribution in [0.5, 0.6) is 0 Å². The Kier molecular flexibility index (Phi) is 8.39. The molecule has 2 aromatic rings. The van der Waals surface area contributed by atoms with Crippen LogP contribution in [0.1, 0.15) is 29.9 Å². The molecule has 0 saturated heterocycles. The third kappa shape index (κ3) is 5.88. The van der Waals surface area contributed by atoms with Gasteiger partial charge in [0.05, 0.1) is 13.0 Å². The highest BCUT2D eigenvalue weighted by Crippen LogP contribution is 2.44. The molecule has 2 amide bonds. The summed E-state index contributed by atoms with van der Waals surface area (Å²) in [6.45, 7) is -0.390. The number of nitrogens with zero attached hydrogens (tertiary/aromatic N) is 1. The quantitative estimate of drug-likeness (QED) is 0.403. The summed E-state index contributed by atoms with van der Waals surface area (Å²) in [4.78, 5) is 37.8. The standard InChI is InChI=1S/C24H28N2O7/c27-12-5-10-26(11-13-28)23(31)21(14-22(29)30)25-24(32)33-15-20-18-8-3-1-6-16(18)17-7-2-4-9-19(17)20/h1-4,6-9,20-21,27-28H,5,10-15H2,(H,25,32)(H,29,30). The van der Waals surface area contributed by atoms with Crippen LogP contribution >= 0.6 is 0 Å². The number of amides is 2. The first-order chi connectivity index (χ1) is 16.0. The first-order valence-corrected chi connectivity index (χ1v) is 10.8. The number of carbonyl (C=O) groups excluding carboxylic acids is 2. The number of benzene rings is 2. The minimum atomic E-state index is -1.36. The molecule has 0 aromatic heterocycles. The van der Waals surface area contributed by atoms with E-state index >= 15 is 0 Å². The molecular formula is C24H28N2O7. The van der Waals surface area contributed by atoms with Gasteiger partial charge in [0.15, 0.2) is 0 Å². The number of hydrogen-bond donors (Lipinski definition) is 4. The Bertz CT molecular complexity index is 949. The lowest BCUT2D eigenvalue weighted by Gasteiger charge is -2.26. The van der Waals surface area contributed by atoms with Gasteiger partial charge < -0.3 is 30.3 Å². The molecule has 0 heterocycles. The predicted octanol–water partition coefficient (Wildman–Crippen LogP) is 1.57. The first-order valence-electron chi connectivity index (χ1n) is 10.8. The molecule has 0 spiro atoms. The lowest BCUT2D eigenvalue weighted by Crippen LogP contribution is -2.50. The van der Waals surface area contributed by atoms with E-state index in [9.17, 15) is 24.6 Å². The van der Waals surface area contributed by atoms with Crippen LogP contribution in [-0.4, -0.2) is 77.1 Å². The third-order valence-electron chi connectivity index (χ3n) is 5.58. The number of nitrogens with one attached hydrogen (secondary N) is 1. The number of aliphatic hydroxyl groups excluding tert-OH is 2. The highest BCUT2D eigenvalue weighted by Gasteiger charge is 2.31. The highest BCUT2D eigenvalue weighted by molar-refractivity contribution is 5.89. The van der Waals surface area contributed by atoms with Crippen LogP contribution in [0.15, 0.2) is 48.5 Å². The number of alkyl carbamates (subject to hydrolysis) is 1. The SMILES string of the molecule is O=C(O)CC(NC(=O)OCC1c2ccccc2-c2ccccc21)C(=O)N(CCO)CCCO. The van der Waals surface area contributed by atoms with Gasteiger partial charge in [-0.15, -0.1) is 0 Å². The van der Waals surface area contributed by atoms with E-state index in [4.69, 9.17) is 9.84 Å². The van der Waals surface area contributed by atoms with Crippen molar-refractivity contribution in [3.05, 3.63) is 59.7 Å². The second-order valence-electron chi connectivity index (χ2n) is 7.75. The van der Waals surface area contributed by atoms with Crippen LogP contribution in [0.4, 0.5) is 4.79 Å². The topological polar surface area (TPSA) is 136 Å². The smallest absolute Gasteiger partial charge is 0.407 e. The minimum Gasteiger partial charge on any atom is -0.481 e. The normalized spacial score (nSPS) is 13.0. The summed E-state index contributed by atoms with van der Waals surface area (Å²) in [7, 11) is 0. The molecule has 0 saturated carbocycles. The Morgan fingerprint density at radius 3 is 2.09 bits per heavy atom. The fourth-order valence-corrected chi connectivity index (χ4v) is 4.09. The van der Waals surface area contributed by atoms with E-state index < -0.39 is 30.4 Å². The Morgan fingerprint density at radius 2 is 1.55 bits per heavy atom. The Morgan fingerprint density at radius 1 is 0.939 bits per heavy atom. The van der Waals surface area contributed by atoms with E-state index in [1.807, 2.05) is 48.5 Å². The van der Waals surface area contributed by atoms with E-state index in [0.29, 0.717) is 0 Å². The molecule has 1 unspecified atom stereocenters. The van der Waals surface area contributed by atoms with E-state index in [1.165, 1.54) is 4.90 Å². The first kappa shape index (κ1) is 24.2. The van der Waals surface area contributed by atoms with Crippen LogP contribution < -0.4 is 5.32 Å². The second-order valence-corrected chi connectivity index (χ2v) is 7.75. The molecule has 4 N–H and O–H groups in total. The van der Waals surface area contributed by atoms with Gasteiger partial charge in [0.1, 0.15) is 12.6 Å². The molecule has 1 aliphatic carbocycles. The second kappa shape index (κ2) is 11.4. The zero-order valence-corrected chi connectivity index (χ0v) is 18.1. The number of carboxylic acid groups (broad SMARTS) is 1. The van der Waals surface area contributed by atoms with E-state index in [1.54, 1.807) is 0 Å². The number of fused-ring (bicyclic) bond motifs is 3. The predicted molar refractivity (Wildman–Crippen MR) is 120 cm³/mol. The fourth-order valence-electron chi connectivity index (χ4n) is 4.09. The third-order valence-corrected chi connectivity index (χ3v) is 5.58. The zero-order chi connectivity index (χ0) is 23.8. The number of ether oxygens (including phenoxy) is 1. The molecule has 0 bridgehead atoms. The molecular weight excluding hydrogens is 428 g/mol. The van der Waals surface area contributed by atoms with Gasteiger partial charge in [0, 0.05) is 25.6 Å². The number of rotatable bonds is 11. The van der Waals surface area contributed by atoms with Gasteiger partial charge in [0.2, 0.25) is 5.91 Å². The van der Waals surface area contributed by atoms with Gasteiger partial charge in [-0.1, -0.05) is 48.5 Å². The molecule has 0 radical (unpaired) electrons. The molecule has 176 valence electrons. The van der Waals surface area contributed by atoms with Gasteiger partial charge >= 0.3 is 12.1 Å². The maximum Gasteiger partial charge on any atom is 0.407 e. The molecule has 9 nitrogen and oxygen atoms in total. The summed E-state index contributed by atoms with van der Waals surface area (Å²) >= 11 is 0. The minimum absolute atomic E-state index is 0.0265. The van der Waals surface area contributed by atoms with Crippen molar-refractivity contribution >= 4 is 18.0 Å². The van der Waals surface area contributed by atoms with Crippen LogP contribution in [0.2, 0.25) is 0 Å². The van der Waals surface area contributed by atoms with E-state index in [-0.39, 0.29) is 45.2 Å². The lowest BCUT2D eigenvalue weighted by atomic mass is 9.98. The van der Waals surface area contributed by atoms with Gasteiger partial charge in [0.25, 0.3) is 0 Å². The molecule has 1 atom stereocenters. The van der Waals surface area contributed by atoms with Gasteiger partial charge in [-0.3, -0.25) is 9.59 Å². The molecule has 0 aliphatic heterocycles. The van der Waals surface area contributed by atoms with Crippen LogP contribution in [-0.2, 0) is 14.3 Å². The number of carboxylic acids is 1. The van der Waals surface area contributed by atoms with Crippen molar-refractivity contribution in [1.29, 1.82) is 0 Å². The van der Waals surface area contributed by atoms with Crippen molar-refractivity contribution in [1.82, 2.24) is 10.2 Å². The van der Waals surface area contributed by atoms with Crippen LogP contribution in [0, 0.1) is 0 Å². The Hall–Kier alpha value is -3.43. The summed E-state index contributed by atoms with van der Waals surface area (Å²) in [5.74, 6) is -2.10. The number of aliphatic carboxylic acids is 1.